The Morgan fingerprint density at radius 3 is 2.10 bits per heavy atom. The van der Waals surface area contributed by atoms with Crippen LogP contribution >= 0.6 is 0 Å². The highest BCUT2D eigenvalue weighted by molar-refractivity contribution is 7.81. The van der Waals surface area contributed by atoms with Gasteiger partial charge in [0.25, 0.3) is 0 Å². The number of anilines is 3. The highest BCUT2D eigenvalue weighted by Crippen LogP contribution is 2.39. The third-order valence-electron chi connectivity index (χ3n) is 6.94. The van der Waals surface area contributed by atoms with Crippen LogP contribution in [-0.4, -0.2) is 46.1 Å². The topological polar surface area (TPSA) is 119 Å². The average Bonchev–Trinajstić information content (AvgIpc) is 2.97. The van der Waals surface area contributed by atoms with Gasteiger partial charge in [-0.1, -0.05) is 54.6 Å². The normalized spacial score (nSPS) is 13.3. The zero-order valence-corrected chi connectivity index (χ0v) is 24.0. The Bertz CT molecular complexity index is 1600. The summed E-state index contributed by atoms with van der Waals surface area (Å²) in [6.45, 7) is 1.85. The zero-order chi connectivity index (χ0) is 30.4. The van der Waals surface area contributed by atoms with E-state index in [4.69, 9.17) is 9.47 Å². The fourth-order valence-electron chi connectivity index (χ4n) is 4.91. The first-order valence-electron chi connectivity index (χ1n) is 13.0. The number of benzene rings is 4. The van der Waals surface area contributed by atoms with Crippen molar-refractivity contribution in [1.82, 2.24) is 0 Å². The molecule has 1 N–H and O–H groups in total. The van der Waals surface area contributed by atoms with E-state index in [1.165, 1.54) is 20.3 Å². The lowest BCUT2D eigenvalue weighted by Crippen LogP contribution is -2.35. The molecule has 220 valence electrons. The van der Waals surface area contributed by atoms with E-state index in [0.29, 0.717) is 39.0 Å². The van der Waals surface area contributed by atoms with Gasteiger partial charge in [-0.3, -0.25) is 13.3 Å². The lowest BCUT2D eigenvalue weighted by atomic mass is 10.0. The summed E-state index contributed by atoms with van der Waals surface area (Å²) < 4.78 is 51.0. The number of carboxylic acid groups (broad SMARTS) is 1. The predicted octanol–water partition coefficient (Wildman–Crippen LogP) is 5.64. The second-order valence-corrected chi connectivity index (χ2v) is 10.4. The number of carbonyl (C=O) groups is 2. The van der Waals surface area contributed by atoms with Crippen LogP contribution in [0.4, 0.5) is 21.5 Å². The van der Waals surface area contributed by atoms with Gasteiger partial charge in [0.15, 0.2) is 6.10 Å². The van der Waals surface area contributed by atoms with Crippen LogP contribution in [0.3, 0.4) is 0 Å². The molecule has 0 fully saturated rings. The van der Waals surface area contributed by atoms with Crippen LogP contribution in [0.25, 0.3) is 10.8 Å². The molecule has 0 radical (unpaired) electrons. The van der Waals surface area contributed by atoms with Crippen LogP contribution in [0, 0.1) is 5.82 Å². The van der Waals surface area contributed by atoms with Gasteiger partial charge in [0, 0.05) is 41.7 Å². The number of ether oxygens (including phenoxy) is 2. The molecule has 0 bridgehead atoms. The van der Waals surface area contributed by atoms with Gasteiger partial charge in [0.2, 0.25) is 0 Å². The highest BCUT2D eigenvalue weighted by Gasteiger charge is 2.24. The first-order chi connectivity index (χ1) is 20.2. The molecule has 0 aliphatic rings. The Labute approximate surface area is 245 Å². The van der Waals surface area contributed by atoms with Crippen molar-refractivity contribution in [2.45, 2.75) is 32.0 Å². The van der Waals surface area contributed by atoms with E-state index in [2.05, 4.69) is 0 Å². The smallest absolute Gasteiger partial charge is 0.339 e. The molecule has 0 spiro atoms. The van der Waals surface area contributed by atoms with E-state index < -0.39 is 41.2 Å². The second kappa shape index (κ2) is 13.6. The Kier molecular flexibility index (Phi) is 9.89. The Morgan fingerprint density at radius 2 is 1.52 bits per heavy atom. The van der Waals surface area contributed by atoms with Gasteiger partial charge >= 0.3 is 11.9 Å². The minimum absolute atomic E-state index is 0.101. The summed E-state index contributed by atoms with van der Waals surface area (Å²) >= 11 is -2.74. The van der Waals surface area contributed by atoms with E-state index in [0.717, 1.165) is 4.31 Å². The maximum atomic E-state index is 14.7. The van der Waals surface area contributed by atoms with Crippen molar-refractivity contribution < 1.29 is 37.3 Å². The molecule has 0 heterocycles. The van der Waals surface area contributed by atoms with Gasteiger partial charge in [0.05, 0.1) is 36.2 Å². The molecule has 0 saturated heterocycles. The van der Waals surface area contributed by atoms with Crippen LogP contribution in [-0.2, 0) is 36.9 Å². The molecule has 11 heteroatoms. The first-order valence-corrected chi connectivity index (χ1v) is 14.0. The largest absolute Gasteiger partial charge is 0.755 e. The van der Waals surface area contributed by atoms with Crippen molar-refractivity contribution in [2.75, 3.05) is 23.4 Å². The summed E-state index contributed by atoms with van der Waals surface area (Å²) in [6, 6.07) is 22.6. The monoisotopic (exact) mass is 593 g/mol. The molecule has 0 saturated carbocycles. The number of aliphatic carboxylic acids is 1. The Balaban J connectivity index is 1.82. The van der Waals surface area contributed by atoms with Gasteiger partial charge in [-0.2, -0.15) is 0 Å². The number of methoxy groups -OCH3 is 2. The molecule has 4 rings (SSSR count). The van der Waals surface area contributed by atoms with E-state index in [9.17, 15) is 27.8 Å². The molecule has 9 nitrogen and oxygen atoms in total. The van der Waals surface area contributed by atoms with E-state index in [-0.39, 0.29) is 13.0 Å². The van der Waals surface area contributed by atoms with Crippen molar-refractivity contribution in [3.8, 4) is 0 Å². The molecule has 3 atom stereocenters. The van der Waals surface area contributed by atoms with Crippen molar-refractivity contribution in [1.29, 1.82) is 0 Å². The minimum atomic E-state index is -2.74. The van der Waals surface area contributed by atoms with Gasteiger partial charge in [-0.15, -0.1) is 0 Å². The summed E-state index contributed by atoms with van der Waals surface area (Å²) in [5, 5.41) is 10.8. The zero-order valence-electron chi connectivity index (χ0n) is 23.2. The number of rotatable bonds is 12. The van der Waals surface area contributed by atoms with E-state index in [1.54, 1.807) is 79.7 Å². The lowest BCUT2D eigenvalue weighted by Gasteiger charge is -2.34. The number of hydrogen-bond donors (Lipinski definition) is 1. The van der Waals surface area contributed by atoms with Gasteiger partial charge in [-0.25, -0.2) is 9.18 Å². The van der Waals surface area contributed by atoms with Crippen LogP contribution in [0.15, 0.2) is 84.9 Å². The molecule has 0 aliphatic heterocycles. The van der Waals surface area contributed by atoms with Crippen molar-refractivity contribution in [3.05, 3.63) is 102 Å². The number of halogens is 1. The van der Waals surface area contributed by atoms with Crippen LogP contribution in [0.2, 0.25) is 0 Å². The molecule has 4 aromatic rings. The standard InChI is InChI=1S/C31H31FN2O7S/c1-20(18-29(35)36)33(19-22-8-4-7-11-26(22)32)27-16-17-28(25-10-6-5-9-24(25)27)34(42(38)39)23-14-12-21(13-15-23)30(40-2)31(37)41-3/h4-17,20,30H,18-19H2,1-3H3,(H,35,36)(H,38,39)/p-1/t20-,30?/m0/s1. The fraction of sp³-hybridized carbons (Fsp3) is 0.226. The molecule has 4 aromatic carbocycles. The average molecular weight is 594 g/mol. The third kappa shape index (κ3) is 6.59. The fourth-order valence-corrected chi connectivity index (χ4v) is 5.53. The molecule has 0 aromatic heterocycles. The lowest BCUT2D eigenvalue weighted by molar-refractivity contribution is -0.152. The maximum Gasteiger partial charge on any atom is 0.339 e. The van der Waals surface area contributed by atoms with Crippen LogP contribution < -0.4 is 9.21 Å². The molecular weight excluding hydrogens is 563 g/mol. The molecule has 2 unspecified atom stereocenters. The highest BCUT2D eigenvalue weighted by atomic mass is 32.2. The third-order valence-corrected chi connectivity index (χ3v) is 7.64. The quantitative estimate of drug-likeness (QED) is 0.166. The van der Waals surface area contributed by atoms with E-state index in [1.807, 2.05) is 11.0 Å². The number of fused-ring (bicyclic) bond motifs is 1. The molecule has 42 heavy (non-hydrogen) atoms. The second-order valence-electron chi connectivity index (χ2n) is 9.56. The number of hydrogen-bond acceptors (Lipinski definition) is 7. The molecule has 0 amide bonds. The molecule has 0 aliphatic carbocycles. The number of nitrogens with zero attached hydrogens (tertiary/aromatic N) is 2. The summed E-state index contributed by atoms with van der Waals surface area (Å²) in [4.78, 5) is 25.5. The Hall–Kier alpha value is -4.32. The van der Waals surface area contributed by atoms with Gasteiger partial charge in [-0.05, 0) is 42.8 Å². The molecular formula is C31H30FN2O7S-. The van der Waals surface area contributed by atoms with Gasteiger partial charge < -0.3 is 24.0 Å². The Morgan fingerprint density at radius 1 is 0.929 bits per heavy atom. The maximum absolute atomic E-state index is 14.7. The predicted molar refractivity (Wildman–Crippen MR) is 158 cm³/mol. The number of carboxylic acids is 1. The SMILES string of the molecule is COC(=O)C(OC)c1ccc(N(c2ccc(N(Cc3ccccc3F)[C@@H](C)CC(=O)O)c3ccccc23)S(=O)[O-])cc1. The summed E-state index contributed by atoms with van der Waals surface area (Å²) in [5.41, 5.74) is 2.17. The number of carbonyl (C=O) groups excluding carboxylic acids is 1. The summed E-state index contributed by atoms with van der Waals surface area (Å²) in [6.07, 6.45) is -1.16. The summed E-state index contributed by atoms with van der Waals surface area (Å²) in [5.74, 6) is -2.00. The van der Waals surface area contributed by atoms with Crippen molar-refractivity contribution in [2.24, 2.45) is 0 Å². The van der Waals surface area contributed by atoms with Gasteiger partial charge in [0.1, 0.15) is 5.82 Å². The minimum Gasteiger partial charge on any atom is -0.755 e. The van der Waals surface area contributed by atoms with Crippen LogP contribution in [0.1, 0.15) is 30.6 Å². The summed E-state index contributed by atoms with van der Waals surface area (Å²) in [7, 11) is 2.62. The van der Waals surface area contributed by atoms with E-state index >= 15 is 0 Å². The van der Waals surface area contributed by atoms with Crippen molar-refractivity contribution in [3.63, 3.8) is 0 Å². The van der Waals surface area contributed by atoms with Crippen LogP contribution in [0.5, 0.6) is 0 Å². The first kappa shape index (κ1) is 30.6. The van der Waals surface area contributed by atoms with Crippen molar-refractivity contribution >= 4 is 51.0 Å². The number of esters is 1.